The van der Waals surface area contributed by atoms with Crippen molar-refractivity contribution in [2.75, 3.05) is 0 Å². The van der Waals surface area contributed by atoms with E-state index in [-0.39, 0.29) is 0 Å². The quantitative estimate of drug-likeness (QED) is 0.338. The largest absolute Gasteiger partial charge is 0.0622 e. The van der Waals surface area contributed by atoms with Crippen LogP contribution in [0.2, 0.25) is 0 Å². The summed E-state index contributed by atoms with van der Waals surface area (Å²) in [5.41, 5.74) is 14.6. The summed E-state index contributed by atoms with van der Waals surface area (Å²) in [5.74, 6) is 0. The fourth-order valence-corrected chi connectivity index (χ4v) is 4.51. The molecule has 0 heterocycles. The predicted octanol–water partition coefficient (Wildman–Crippen LogP) is 8.23. The van der Waals surface area contributed by atoms with Gasteiger partial charge in [-0.25, -0.2) is 0 Å². The molecule has 0 saturated heterocycles. The molecule has 29 heavy (non-hydrogen) atoms. The minimum Gasteiger partial charge on any atom is -0.0622 e. The molecule has 4 aromatic rings. The van der Waals surface area contributed by atoms with Crippen molar-refractivity contribution in [1.29, 1.82) is 0 Å². The summed E-state index contributed by atoms with van der Waals surface area (Å²) in [6.45, 7) is 11.1. The van der Waals surface area contributed by atoms with Gasteiger partial charge in [-0.3, -0.25) is 0 Å². The highest BCUT2D eigenvalue weighted by Crippen LogP contribution is 2.40. The van der Waals surface area contributed by atoms with Crippen LogP contribution in [0.1, 0.15) is 27.8 Å². The van der Waals surface area contributed by atoms with E-state index in [1.165, 1.54) is 61.2 Å². The van der Waals surface area contributed by atoms with E-state index in [0.29, 0.717) is 0 Å². The van der Waals surface area contributed by atoms with Crippen molar-refractivity contribution in [2.45, 2.75) is 34.6 Å². The van der Waals surface area contributed by atoms with Crippen LogP contribution in [0, 0.1) is 34.6 Å². The maximum Gasteiger partial charge on any atom is -0.0122 e. The van der Waals surface area contributed by atoms with Crippen LogP contribution in [0.3, 0.4) is 0 Å². The van der Waals surface area contributed by atoms with Crippen LogP contribution in [0.4, 0.5) is 0 Å². The van der Waals surface area contributed by atoms with Gasteiger partial charge in [0.05, 0.1) is 0 Å². The van der Waals surface area contributed by atoms with Crippen molar-refractivity contribution >= 4 is 0 Å². The molecule has 0 aliphatic heterocycles. The van der Waals surface area contributed by atoms with E-state index in [2.05, 4.69) is 113 Å². The van der Waals surface area contributed by atoms with Crippen LogP contribution in [-0.4, -0.2) is 0 Å². The normalized spacial score (nSPS) is 10.9. The van der Waals surface area contributed by atoms with E-state index in [9.17, 15) is 0 Å². The summed E-state index contributed by atoms with van der Waals surface area (Å²) in [7, 11) is 0. The number of hydrogen-bond donors (Lipinski definition) is 0. The Bertz CT molecular complexity index is 1070. The van der Waals surface area contributed by atoms with Crippen LogP contribution >= 0.6 is 0 Å². The van der Waals surface area contributed by atoms with Gasteiger partial charge in [-0.05, 0) is 108 Å². The molecule has 0 aliphatic carbocycles. The third-order valence-corrected chi connectivity index (χ3v) is 6.02. The Balaban J connectivity index is 2.09. The third kappa shape index (κ3) is 3.51. The predicted molar refractivity (Wildman–Crippen MR) is 126 cm³/mol. The summed E-state index contributed by atoms with van der Waals surface area (Å²) in [6, 6.07) is 28.6. The van der Waals surface area contributed by atoms with E-state index in [4.69, 9.17) is 0 Å². The Hall–Kier alpha value is -3.12. The highest BCUT2D eigenvalue weighted by Gasteiger charge is 2.17. The van der Waals surface area contributed by atoms with E-state index in [0.717, 1.165) is 0 Å². The van der Waals surface area contributed by atoms with Gasteiger partial charge in [0.25, 0.3) is 0 Å². The van der Waals surface area contributed by atoms with Gasteiger partial charge in [0.1, 0.15) is 0 Å². The molecular weight excluding hydrogens is 348 g/mol. The van der Waals surface area contributed by atoms with Crippen LogP contribution in [0.5, 0.6) is 0 Å². The molecule has 0 atom stereocenters. The van der Waals surface area contributed by atoms with Gasteiger partial charge in [0.2, 0.25) is 0 Å². The van der Waals surface area contributed by atoms with Crippen LogP contribution in [0.25, 0.3) is 33.4 Å². The molecule has 0 spiro atoms. The second kappa shape index (κ2) is 7.72. The number of aryl methyl sites for hydroxylation is 4. The summed E-state index contributed by atoms with van der Waals surface area (Å²) < 4.78 is 0. The molecule has 4 rings (SSSR count). The molecule has 0 heteroatoms. The lowest BCUT2D eigenvalue weighted by Crippen LogP contribution is -1.97. The summed E-state index contributed by atoms with van der Waals surface area (Å²) in [6.07, 6.45) is 0. The van der Waals surface area contributed by atoms with E-state index in [1.807, 2.05) is 0 Å². The van der Waals surface area contributed by atoms with E-state index >= 15 is 0 Å². The van der Waals surface area contributed by atoms with Crippen molar-refractivity contribution in [3.05, 3.63) is 107 Å². The molecular formula is C29H28. The first-order valence-electron chi connectivity index (χ1n) is 10.3. The topological polar surface area (TPSA) is 0 Å². The Morgan fingerprint density at radius 2 is 0.828 bits per heavy atom. The molecule has 0 fully saturated rings. The number of rotatable bonds is 3. The second-order valence-electron chi connectivity index (χ2n) is 8.10. The molecule has 0 amide bonds. The van der Waals surface area contributed by atoms with Crippen LogP contribution < -0.4 is 0 Å². The average Bonchev–Trinajstić information content (AvgIpc) is 2.70. The highest BCUT2D eigenvalue weighted by atomic mass is 14.2. The number of hydrogen-bond acceptors (Lipinski definition) is 0. The van der Waals surface area contributed by atoms with Crippen molar-refractivity contribution in [3.8, 4) is 33.4 Å². The lowest BCUT2D eigenvalue weighted by atomic mass is 9.84. The fraction of sp³-hybridized carbons (Fsp3) is 0.172. The van der Waals surface area contributed by atoms with Gasteiger partial charge < -0.3 is 0 Å². The zero-order valence-electron chi connectivity index (χ0n) is 18.0. The first-order valence-corrected chi connectivity index (χ1v) is 10.3. The minimum absolute atomic E-state index is 1.26. The molecule has 0 N–H and O–H groups in total. The van der Waals surface area contributed by atoms with Crippen molar-refractivity contribution in [3.63, 3.8) is 0 Å². The minimum atomic E-state index is 1.26. The Morgan fingerprint density at radius 3 is 1.24 bits per heavy atom. The molecule has 0 radical (unpaired) electrons. The van der Waals surface area contributed by atoms with Crippen LogP contribution in [0.15, 0.2) is 78.9 Å². The van der Waals surface area contributed by atoms with Crippen molar-refractivity contribution < 1.29 is 0 Å². The zero-order valence-corrected chi connectivity index (χ0v) is 18.0. The van der Waals surface area contributed by atoms with Gasteiger partial charge in [0, 0.05) is 0 Å². The first-order chi connectivity index (χ1) is 14.0. The highest BCUT2D eigenvalue weighted by molar-refractivity contribution is 5.88. The monoisotopic (exact) mass is 376 g/mol. The van der Waals surface area contributed by atoms with E-state index in [1.54, 1.807) is 0 Å². The molecule has 0 bridgehead atoms. The molecule has 4 aromatic carbocycles. The lowest BCUT2D eigenvalue weighted by Gasteiger charge is -2.20. The fourth-order valence-electron chi connectivity index (χ4n) is 4.51. The summed E-state index contributed by atoms with van der Waals surface area (Å²) in [5, 5.41) is 0. The van der Waals surface area contributed by atoms with Gasteiger partial charge in [-0.2, -0.15) is 0 Å². The molecule has 0 aliphatic rings. The average molecular weight is 377 g/mol. The maximum atomic E-state index is 2.37. The van der Waals surface area contributed by atoms with Crippen molar-refractivity contribution in [2.24, 2.45) is 0 Å². The third-order valence-electron chi connectivity index (χ3n) is 6.02. The number of benzene rings is 4. The maximum absolute atomic E-state index is 2.37. The Morgan fingerprint density at radius 1 is 0.414 bits per heavy atom. The molecule has 0 nitrogen and oxygen atoms in total. The SMILES string of the molecule is Cc1cccc(C)c1-c1cc(-c2ccccc2)cc(-c2c(C)cccc2C)c1C. The molecule has 144 valence electrons. The standard InChI is InChI=1S/C29H28/c1-19-11-9-12-20(2)28(19)26-17-25(24-15-7-6-8-16-24)18-27(23(26)5)29-21(3)13-10-14-22(29)4/h6-18H,1-5H3. The van der Waals surface area contributed by atoms with Crippen LogP contribution in [-0.2, 0) is 0 Å². The Labute approximate surface area is 174 Å². The summed E-state index contributed by atoms with van der Waals surface area (Å²) in [4.78, 5) is 0. The van der Waals surface area contributed by atoms with Gasteiger partial charge >= 0.3 is 0 Å². The molecule has 0 aromatic heterocycles. The first kappa shape index (κ1) is 19.2. The van der Waals surface area contributed by atoms with Gasteiger partial charge in [0.15, 0.2) is 0 Å². The Kier molecular flexibility index (Phi) is 5.11. The lowest BCUT2D eigenvalue weighted by molar-refractivity contribution is 1.33. The van der Waals surface area contributed by atoms with Gasteiger partial charge in [-0.15, -0.1) is 0 Å². The van der Waals surface area contributed by atoms with Crippen molar-refractivity contribution in [1.82, 2.24) is 0 Å². The zero-order chi connectivity index (χ0) is 20.5. The van der Waals surface area contributed by atoms with Gasteiger partial charge in [-0.1, -0.05) is 66.7 Å². The summed E-state index contributed by atoms with van der Waals surface area (Å²) >= 11 is 0. The van der Waals surface area contributed by atoms with E-state index < -0.39 is 0 Å². The smallest absolute Gasteiger partial charge is 0.0122 e. The molecule has 0 unspecified atom stereocenters. The molecule has 0 saturated carbocycles. The second-order valence-corrected chi connectivity index (χ2v) is 8.10.